The standard InChI is InChI=1S/C28H26O4/c1-29-23-13-17-25(18-14-23)31-27(21-9-5-3-6-10-21)28(22-11-7-4-8-12-22)32-26-19-15-24(30-2)16-20-26/h3-20,27-28H,1-2H3/t27-,28-/m1/s1. The molecule has 0 radical (unpaired) electrons. The molecular formula is C28H26O4. The molecule has 0 fully saturated rings. The molecule has 0 aromatic heterocycles. The molecule has 32 heavy (non-hydrogen) atoms. The molecule has 0 aliphatic carbocycles. The van der Waals surface area contributed by atoms with Crippen molar-refractivity contribution in [2.75, 3.05) is 14.2 Å². The molecule has 0 aliphatic heterocycles. The molecule has 4 heteroatoms. The Balaban J connectivity index is 1.72. The van der Waals surface area contributed by atoms with Gasteiger partial charge in [-0.25, -0.2) is 0 Å². The molecule has 0 amide bonds. The highest BCUT2D eigenvalue weighted by Crippen LogP contribution is 2.37. The minimum absolute atomic E-state index is 0.380. The predicted octanol–water partition coefficient (Wildman–Crippen LogP) is 6.64. The molecule has 0 saturated carbocycles. The fraction of sp³-hybridized carbons (Fsp3) is 0.143. The van der Waals surface area contributed by atoms with Gasteiger partial charge in [-0.15, -0.1) is 0 Å². The van der Waals surface area contributed by atoms with Crippen molar-refractivity contribution in [2.24, 2.45) is 0 Å². The molecule has 0 spiro atoms. The van der Waals surface area contributed by atoms with Gasteiger partial charge >= 0.3 is 0 Å². The van der Waals surface area contributed by atoms with Gasteiger partial charge in [-0.3, -0.25) is 0 Å². The zero-order valence-corrected chi connectivity index (χ0v) is 18.2. The van der Waals surface area contributed by atoms with Gasteiger partial charge < -0.3 is 18.9 Å². The lowest BCUT2D eigenvalue weighted by atomic mass is 9.97. The van der Waals surface area contributed by atoms with Crippen LogP contribution in [-0.4, -0.2) is 14.2 Å². The van der Waals surface area contributed by atoms with Gasteiger partial charge in [0.1, 0.15) is 23.0 Å². The fourth-order valence-electron chi connectivity index (χ4n) is 3.50. The highest BCUT2D eigenvalue weighted by molar-refractivity contribution is 5.35. The van der Waals surface area contributed by atoms with Crippen LogP contribution in [0.3, 0.4) is 0 Å². The maximum absolute atomic E-state index is 6.53. The molecule has 4 rings (SSSR count). The Morgan fingerprint density at radius 1 is 0.406 bits per heavy atom. The largest absolute Gasteiger partial charge is 0.497 e. The number of rotatable bonds is 9. The van der Waals surface area contributed by atoms with Crippen LogP contribution in [0.4, 0.5) is 0 Å². The van der Waals surface area contributed by atoms with Crippen molar-refractivity contribution in [1.82, 2.24) is 0 Å². The molecule has 0 bridgehead atoms. The van der Waals surface area contributed by atoms with Crippen LogP contribution >= 0.6 is 0 Å². The van der Waals surface area contributed by atoms with Crippen LogP contribution in [0.15, 0.2) is 109 Å². The number of hydrogen-bond donors (Lipinski definition) is 0. The molecule has 0 aliphatic rings. The number of benzene rings is 4. The third kappa shape index (κ3) is 5.22. The second-order valence-corrected chi connectivity index (χ2v) is 7.25. The Morgan fingerprint density at radius 2 is 0.719 bits per heavy atom. The second kappa shape index (κ2) is 10.4. The van der Waals surface area contributed by atoms with Gasteiger partial charge in [0.05, 0.1) is 14.2 Å². The van der Waals surface area contributed by atoms with Crippen molar-refractivity contribution >= 4 is 0 Å². The van der Waals surface area contributed by atoms with Gasteiger partial charge in [-0.05, 0) is 59.7 Å². The molecule has 0 heterocycles. The monoisotopic (exact) mass is 426 g/mol. The van der Waals surface area contributed by atoms with E-state index in [0.29, 0.717) is 0 Å². The fourth-order valence-corrected chi connectivity index (χ4v) is 3.50. The first kappa shape index (κ1) is 21.3. The van der Waals surface area contributed by atoms with E-state index in [1.165, 1.54) is 0 Å². The molecule has 4 nitrogen and oxygen atoms in total. The van der Waals surface area contributed by atoms with E-state index in [4.69, 9.17) is 18.9 Å². The van der Waals surface area contributed by atoms with Crippen LogP contribution in [0.5, 0.6) is 23.0 Å². The van der Waals surface area contributed by atoms with Crippen LogP contribution in [0.25, 0.3) is 0 Å². The van der Waals surface area contributed by atoms with Crippen LogP contribution in [-0.2, 0) is 0 Å². The summed E-state index contributed by atoms with van der Waals surface area (Å²) < 4.78 is 23.6. The maximum Gasteiger partial charge on any atom is 0.165 e. The van der Waals surface area contributed by atoms with Gasteiger partial charge in [-0.1, -0.05) is 60.7 Å². The van der Waals surface area contributed by atoms with Crippen LogP contribution in [0.1, 0.15) is 23.3 Å². The van der Waals surface area contributed by atoms with Crippen molar-refractivity contribution in [3.63, 3.8) is 0 Å². The summed E-state index contributed by atoms with van der Waals surface area (Å²) in [7, 11) is 3.30. The highest BCUT2D eigenvalue weighted by Gasteiger charge is 2.29. The summed E-state index contributed by atoms with van der Waals surface area (Å²) >= 11 is 0. The van der Waals surface area contributed by atoms with E-state index in [1.807, 2.05) is 84.9 Å². The third-order valence-corrected chi connectivity index (χ3v) is 5.18. The Kier molecular flexibility index (Phi) is 6.93. The smallest absolute Gasteiger partial charge is 0.165 e. The van der Waals surface area contributed by atoms with Gasteiger partial charge in [0.15, 0.2) is 12.2 Å². The summed E-state index contributed by atoms with van der Waals surface area (Å²) in [6.45, 7) is 0. The number of ether oxygens (including phenoxy) is 4. The van der Waals surface area contributed by atoms with Crippen molar-refractivity contribution in [1.29, 1.82) is 0 Å². The maximum atomic E-state index is 6.53. The lowest BCUT2D eigenvalue weighted by Crippen LogP contribution is -2.22. The van der Waals surface area contributed by atoms with E-state index in [0.717, 1.165) is 34.1 Å². The average molecular weight is 427 g/mol. The van der Waals surface area contributed by atoms with E-state index in [1.54, 1.807) is 14.2 Å². The Morgan fingerprint density at radius 3 is 1.03 bits per heavy atom. The molecular weight excluding hydrogens is 400 g/mol. The molecule has 0 saturated heterocycles. The molecule has 2 atom stereocenters. The second-order valence-electron chi connectivity index (χ2n) is 7.25. The molecule has 4 aromatic carbocycles. The number of methoxy groups -OCH3 is 2. The van der Waals surface area contributed by atoms with E-state index in [-0.39, 0.29) is 12.2 Å². The third-order valence-electron chi connectivity index (χ3n) is 5.18. The van der Waals surface area contributed by atoms with Gasteiger partial charge in [0, 0.05) is 0 Å². The van der Waals surface area contributed by atoms with E-state index in [9.17, 15) is 0 Å². The van der Waals surface area contributed by atoms with Crippen molar-refractivity contribution in [3.8, 4) is 23.0 Å². The van der Waals surface area contributed by atoms with Crippen molar-refractivity contribution in [2.45, 2.75) is 12.2 Å². The van der Waals surface area contributed by atoms with E-state index in [2.05, 4.69) is 24.3 Å². The van der Waals surface area contributed by atoms with E-state index >= 15 is 0 Å². The zero-order chi connectivity index (χ0) is 22.2. The minimum atomic E-state index is -0.380. The average Bonchev–Trinajstić information content (AvgIpc) is 2.88. The normalized spacial score (nSPS) is 12.4. The molecule has 0 N–H and O–H groups in total. The Labute approximate surface area is 189 Å². The van der Waals surface area contributed by atoms with Crippen LogP contribution in [0, 0.1) is 0 Å². The lowest BCUT2D eigenvalue weighted by molar-refractivity contribution is 0.0523. The summed E-state index contributed by atoms with van der Waals surface area (Å²) in [4.78, 5) is 0. The molecule has 4 aromatic rings. The first-order valence-electron chi connectivity index (χ1n) is 10.5. The summed E-state index contributed by atoms with van der Waals surface area (Å²) in [5.41, 5.74) is 2.04. The Hall–Kier alpha value is -3.92. The SMILES string of the molecule is COc1ccc(O[C@H](c2ccccc2)[C@H](Oc2ccc(OC)cc2)c2ccccc2)cc1. The highest BCUT2D eigenvalue weighted by atomic mass is 16.5. The summed E-state index contributed by atoms with van der Waals surface area (Å²) in [6.07, 6.45) is -0.761. The van der Waals surface area contributed by atoms with Crippen molar-refractivity contribution < 1.29 is 18.9 Å². The predicted molar refractivity (Wildman–Crippen MR) is 126 cm³/mol. The summed E-state index contributed by atoms with van der Waals surface area (Å²) in [5, 5.41) is 0. The Bertz CT molecular complexity index is 987. The summed E-state index contributed by atoms with van der Waals surface area (Å²) in [5.74, 6) is 3.03. The first-order valence-corrected chi connectivity index (χ1v) is 10.5. The first-order chi connectivity index (χ1) is 15.8. The molecule has 0 unspecified atom stereocenters. The zero-order valence-electron chi connectivity index (χ0n) is 18.2. The topological polar surface area (TPSA) is 36.9 Å². The van der Waals surface area contributed by atoms with Gasteiger partial charge in [-0.2, -0.15) is 0 Å². The number of hydrogen-bond acceptors (Lipinski definition) is 4. The van der Waals surface area contributed by atoms with Crippen molar-refractivity contribution in [3.05, 3.63) is 120 Å². The van der Waals surface area contributed by atoms with Gasteiger partial charge in [0.2, 0.25) is 0 Å². The summed E-state index contributed by atoms with van der Waals surface area (Å²) in [6, 6.07) is 35.4. The molecule has 162 valence electrons. The van der Waals surface area contributed by atoms with Gasteiger partial charge in [0.25, 0.3) is 0 Å². The minimum Gasteiger partial charge on any atom is -0.497 e. The van der Waals surface area contributed by atoms with Crippen LogP contribution in [0.2, 0.25) is 0 Å². The van der Waals surface area contributed by atoms with E-state index < -0.39 is 0 Å². The quantitative estimate of drug-likeness (QED) is 0.300. The lowest BCUT2D eigenvalue weighted by Gasteiger charge is -2.29. The van der Waals surface area contributed by atoms with Crippen LogP contribution < -0.4 is 18.9 Å².